The molecule has 3 rings (SSSR count). The van der Waals surface area contributed by atoms with Crippen molar-refractivity contribution in [1.29, 1.82) is 0 Å². The fourth-order valence-electron chi connectivity index (χ4n) is 2.67. The third-order valence-corrected chi connectivity index (χ3v) is 3.95. The summed E-state index contributed by atoms with van der Waals surface area (Å²) in [5, 5.41) is 12.2. The summed E-state index contributed by atoms with van der Waals surface area (Å²) in [6.45, 7) is 4.25. The van der Waals surface area contributed by atoms with Crippen molar-refractivity contribution in [3.8, 4) is 0 Å². The molecule has 0 atom stereocenters. The monoisotopic (exact) mass is 330 g/mol. The summed E-state index contributed by atoms with van der Waals surface area (Å²) in [5.74, 6) is -1.74. The first kappa shape index (κ1) is 16.4. The van der Waals surface area contributed by atoms with Gasteiger partial charge in [-0.1, -0.05) is 12.1 Å². The molecule has 0 spiro atoms. The molecule has 0 radical (unpaired) electrons. The lowest BCUT2D eigenvalue weighted by atomic mass is 10.1. The predicted octanol–water partition coefficient (Wildman–Crippen LogP) is 3.10. The zero-order valence-electron chi connectivity index (χ0n) is 13.2. The number of ether oxygens (including phenoxy) is 1. The number of nitrogens with zero attached hydrogens (tertiary/aromatic N) is 1. The minimum Gasteiger partial charge on any atom is -0.478 e. The van der Waals surface area contributed by atoms with E-state index < -0.39 is 11.8 Å². The number of anilines is 2. The van der Waals surface area contributed by atoms with E-state index in [0.29, 0.717) is 5.69 Å². The van der Waals surface area contributed by atoms with Gasteiger partial charge >= 0.3 is 5.97 Å². The number of carboxylic acid groups (broad SMARTS) is 1. The topological polar surface area (TPSA) is 61.8 Å². The van der Waals surface area contributed by atoms with Crippen molar-refractivity contribution in [3.05, 3.63) is 59.4 Å². The summed E-state index contributed by atoms with van der Waals surface area (Å²) in [5.41, 5.74) is 2.21. The molecule has 2 N–H and O–H groups in total. The van der Waals surface area contributed by atoms with Gasteiger partial charge in [0.25, 0.3) is 0 Å². The molecule has 2 aromatic rings. The lowest BCUT2D eigenvalue weighted by Gasteiger charge is -2.26. The molecule has 126 valence electrons. The molecule has 2 aromatic carbocycles. The quantitative estimate of drug-likeness (QED) is 0.882. The second-order valence-electron chi connectivity index (χ2n) is 5.71. The third kappa shape index (κ3) is 4.10. The number of carboxylic acids is 1. The molecule has 0 bridgehead atoms. The molecule has 0 amide bonds. The highest BCUT2D eigenvalue weighted by atomic mass is 19.1. The minimum absolute atomic E-state index is 0.0904. The van der Waals surface area contributed by atoms with E-state index in [1.807, 2.05) is 24.3 Å². The number of halogens is 1. The normalized spacial score (nSPS) is 15.2. The van der Waals surface area contributed by atoms with Gasteiger partial charge in [-0.2, -0.15) is 0 Å². The highest BCUT2D eigenvalue weighted by molar-refractivity contribution is 5.95. The van der Waals surface area contributed by atoms with Crippen molar-refractivity contribution in [2.45, 2.75) is 6.54 Å². The number of benzene rings is 2. The molecule has 24 heavy (non-hydrogen) atoms. The number of carbonyl (C=O) groups is 1. The Morgan fingerprint density at radius 3 is 2.54 bits per heavy atom. The zero-order valence-corrected chi connectivity index (χ0v) is 13.2. The van der Waals surface area contributed by atoms with E-state index in [-0.39, 0.29) is 5.56 Å². The molecule has 1 aliphatic heterocycles. The van der Waals surface area contributed by atoms with Crippen LogP contribution in [0.25, 0.3) is 0 Å². The Labute approximate surface area is 139 Å². The molecule has 1 aliphatic rings. The number of aromatic carboxylic acids is 1. The van der Waals surface area contributed by atoms with Gasteiger partial charge in [-0.15, -0.1) is 0 Å². The summed E-state index contributed by atoms with van der Waals surface area (Å²) >= 11 is 0. The Hall–Kier alpha value is -2.44. The average molecular weight is 330 g/mol. The summed E-state index contributed by atoms with van der Waals surface area (Å²) < 4.78 is 18.6. The molecular weight excluding hydrogens is 311 g/mol. The van der Waals surface area contributed by atoms with Crippen molar-refractivity contribution in [2.24, 2.45) is 0 Å². The van der Waals surface area contributed by atoms with Crippen LogP contribution >= 0.6 is 0 Å². The van der Waals surface area contributed by atoms with Gasteiger partial charge in [0, 0.05) is 25.3 Å². The highest BCUT2D eigenvalue weighted by Crippen LogP contribution is 2.23. The Morgan fingerprint density at radius 1 is 1.17 bits per heavy atom. The van der Waals surface area contributed by atoms with Crippen LogP contribution in [-0.2, 0) is 11.3 Å². The number of rotatable bonds is 5. The SMILES string of the molecule is O=C(O)c1cc(F)ccc1Nc1ccc(CN2CCOCC2)cc1. The van der Waals surface area contributed by atoms with Gasteiger partial charge in [0.15, 0.2) is 0 Å². The number of morpholine rings is 1. The van der Waals surface area contributed by atoms with Crippen LogP contribution in [0.4, 0.5) is 15.8 Å². The molecule has 0 aliphatic carbocycles. The van der Waals surface area contributed by atoms with Crippen molar-refractivity contribution in [3.63, 3.8) is 0 Å². The Bertz CT molecular complexity index is 713. The smallest absolute Gasteiger partial charge is 0.337 e. The van der Waals surface area contributed by atoms with E-state index in [2.05, 4.69) is 10.2 Å². The summed E-state index contributed by atoms with van der Waals surface area (Å²) in [7, 11) is 0. The van der Waals surface area contributed by atoms with Crippen LogP contribution in [0.1, 0.15) is 15.9 Å². The van der Waals surface area contributed by atoms with E-state index in [1.165, 1.54) is 17.7 Å². The van der Waals surface area contributed by atoms with Gasteiger partial charge < -0.3 is 15.2 Å². The van der Waals surface area contributed by atoms with Crippen molar-refractivity contribution in [2.75, 3.05) is 31.6 Å². The fraction of sp³-hybridized carbons (Fsp3) is 0.278. The average Bonchev–Trinajstić information content (AvgIpc) is 2.59. The lowest BCUT2D eigenvalue weighted by molar-refractivity contribution is 0.0342. The van der Waals surface area contributed by atoms with Gasteiger partial charge in [-0.25, -0.2) is 9.18 Å². The second kappa shape index (κ2) is 7.42. The first-order valence-corrected chi connectivity index (χ1v) is 7.81. The van der Waals surface area contributed by atoms with E-state index in [9.17, 15) is 14.3 Å². The van der Waals surface area contributed by atoms with Gasteiger partial charge in [0.05, 0.1) is 24.5 Å². The first-order valence-electron chi connectivity index (χ1n) is 7.81. The molecule has 5 nitrogen and oxygen atoms in total. The largest absolute Gasteiger partial charge is 0.478 e. The standard InChI is InChI=1S/C18H19FN2O3/c19-14-3-6-17(16(11-14)18(22)23)20-15-4-1-13(2-5-15)12-21-7-9-24-10-8-21/h1-6,11,20H,7-10,12H2,(H,22,23). The van der Waals surface area contributed by atoms with Gasteiger partial charge in [-0.3, -0.25) is 4.90 Å². The molecule has 0 saturated carbocycles. The molecule has 1 fully saturated rings. The van der Waals surface area contributed by atoms with Crippen LogP contribution in [0.3, 0.4) is 0 Å². The van der Waals surface area contributed by atoms with Gasteiger partial charge in [-0.05, 0) is 35.9 Å². The van der Waals surface area contributed by atoms with Crippen LogP contribution in [0.15, 0.2) is 42.5 Å². The Morgan fingerprint density at radius 2 is 1.88 bits per heavy atom. The molecule has 1 saturated heterocycles. The third-order valence-electron chi connectivity index (χ3n) is 3.95. The van der Waals surface area contributed by atoms with Crippen LogP contribution in [0, 0.1) is 5.82 Å². The maximum Gasteiger partial charge on any atom is 0.337 e. The van der Waals surface area contributed by atoms with E-state index in [4.69, 9.17) is 4.74 Å². The van der Waals surface area contributed by atoms with E-state index >= 15 is 0 Å². The molecule has 1 heterocycles. The minimum atomic E-state index is -1.17. The van der Waals surface area contributed by atoms with E-state index in [1.54, 1.807) is 0 Å². The number of hydrogen-bond acceptors (Lipinski definition) is 4. The van der Waals surface area contributed by atoms with Crippen LogP contribution < -0.4 is 5.32 Å². The Kier molecular flexibility index (Phi) is 5.08. The van der Waals surface area contributed by atoms with Crippen molar-refractivity contribution in [1.82, 2.24) is 4.90 Å². The van der Waals surface area contributed by atoms with Crippen molar-refractivity contribution >= 4 is 17.3 Å². The first-order chi connectivity index (χ1) is 11.6. The van der Waals surface area contributed by atoms with Crippen LogP contribution in [0.2, 0.25) is 0 Å². The lowest BCUT2D eigenvalue weighted by Crippen LogP contribution is -2.35. The molecular formula is C18H19FN2O3. The Balaban J connectivity index is 1.69. The molecule has 0 unspecified atom stereocenters. The van der Waals surface area contributed by atoms with Crippen LogP contribution in [0.5, 0.6) is 0 Å². The summed E-state index contributed by atoms with van der Waals surface area (Å²) in [4.78, 5) is 13.5. The maximum atomic E-state index is 13.2. The molecule has 0 aromatic heterocycles. The summed E-state index contributed by atoms with van der Waals surface area (Å²) in [6.07, 6.45) is 0. The van der Waals surface area contributed by atoms with Crippen molar-refractivity contribution < 1.29 is 19.0 Å². The zero-order chi connectivity index (χ0) is 16.9. The van der Waals surface area contributed by atoms with Crippen LogP contribution in [-0.4, -0.2) is 42.3 Å². The number of nitrogens with one attached hydrogen (secondary N) is 1. The predicted molar refractivity (Wildman–Crippen MR) is 89.2 cm³/mol. The molecule has 6 heteroatoms. The number of hydrogen-bond donors (Lipinski definition) is 2. The van der Waals surface area contributed by atoms with Gasteiger partial charge in [0.1, 0.15) is 5.82 Å². The highest BCUT2D eigenvalue weighted by Gasteiger charge is 2.12. The summed E-state index contributed by atoms with van der Waals surface area (Å²) in [6, 6.07) is 11.5. The van der Waals surface area contributed by atoms with Gasteiger partial charge in [0.2, 0.25) is 0 Å². The maximum absolute atomic E-state index is 13.2. The second-order valence-corrected chi connectivity index (χ2v) is 5.71. The van der Waals surface area contributed by atoms with E-state index in [0.717, 1.165) is 44.6 Å². The fourth-order valence-corrected chi connectivity index (χ4v) is 2.67.